The molecule has 0 spiro atoms. The van der Waals surface area contributed by atoms with Gasteiger partial charge < -0.3 is 25.8 Å². The third kappa shape index (κ3) is 5.21. The highest BCUT2D eigenvalue weighted by molar-refractivity contribution is 5.77. The average Bonchev–Trinajstić information content (AvgIpc) is 3.28. The number of nitrogens with zero attached hydrogens (tertiary/aromatic N) is 6. The topological polar surface area (TPSA) is 86.2 Å². The molecule has 1 atom stereocenters. The zero-order valence-corrected chi connectivity index (χ0v) is 21.0. The van der Waals surface area contributed by atoms with Crippen molar-refractivity contribution in [3.8, 4) is 0 Å². The van der Waals surface area contributed by atoms with Gasteiger partial charge >= 0.3 is 0 Å². The van der Waals surface area contributed by atoms with E-state index in [4.69, 9.17) is 9.97 Å². The van der Waals surface area contributed by atoms with E-state index in [2.05, 4.69) is 66.6 Å². The molecular formula is C27H32FN9. The van der Waals surface area contributed by atoms with Crippen LogP contribution in [0.1, 0.15) is 18.9 Å². The van der Waals surface area contributed by atoms with Crippen LogP contribution in [0.4, 0.5) is 33.3 Å². The molecule has 4 aromatic rings. The van der Waals surface area contributed by atoms with Gasteiger partial charge in [-0.25, -0.2) is 14.4 Å². The van der Waals surface area contributed by atoms with Gasteiger partial charge in [-0.05, 0) is 75.0 Å². The fraction of sp³-hybridized carbons (Fsp3) is 0.370. The molecule has 10 heteroatoms. The minimum Gasteiger partial charge on any atom is -0.369 e. The number of imidazole rings is 1. The molecule has 2 aromatic heterocycles. The molecular weight excluding hydrogens is 469 g/mol. The highest BCUT2D eigenvalue weighted by Crippen LogP contribution is 2.30. The molecule has 0 saturated carbocycles. The van der Waals surface area contributed by atoms with E-state index in [1.807, 2.05) is 0 Å². The molecule has 0 unspecified atom stereocenters. The van der Waals surface area contributed by atoms with Crippen LogP contribution in [0, 0.1) is 5.82 Å². The predicted molar refractivity (Wildman–Crippen MR) is 146 cm³/mol. The summed E-state index contributed by atoms with van der Waals surface area (Å²) < 4.78 is 15.6. The zero-order chi connectivity index (χ0) is 25.2. The van der Waals surface area contributed by atoms with E-state index >= 15 is 0 Å². The van der Waals surface area contributed by atoms with Crippen molar-refractivity contribution in [2.24, 2.45) is 0 Å². The number of rotatable bonds is 6. The first-order valence-corrected chi connectivity index (χ1v) is 12.9. The van der Waals surface area contributed by atoms with Crippen molar-refractivity contribution in [3.05, 3.63) is 60.5 Å². The highest BCUT2D eigenvalue weighted by Gasteiger charge is 2.23. The van der Waals surface area contributed by atoms with Crippen molar-refractivity contribution in [1.29, 1.82) is 0 Å². The lowest BCUT2D eigenvalue weighted by atomic mass is 10.1. The Morgan fingerprint density at radius 1 is 0.919 bits per heavy atom. The highest BCUT2D eigenvalue weighted by atomic mass is 19.1. The van der Waals surface area contributed by atoms with Crippen molar-refractivity contribution >= 4 is 40.1 Å². The van der Waals surface area contributed by atoms with Gasteiger partial charge in [0.15, 0.2) is 5.65 Å². The molecule has 4 heterocycles. The normalized spacial score (nSPS) is 18.8. The summed E-state index contributed by atoms with van der Waals surface area (Å²) in [5.41, 5.74) is 4.42. The van der Waals surface area contributed by atoms with Crippen LogP contribution < -0.4 is 20.9 Å². The molecule has 0 radical (unpaired) electrons. The quantitative estimate of drug-likeness (QED) is 0.364. The third-order valence-electron chi connectivity index (χ3n) is 7.16. The van der Waals surface area contributed by atoms with Gasteiger partial charge in [0.05, 0.1) is 12.2 Å². The largest absolute Gasteiger partial charge is 0.369 e. The van der Waals surface area contributed by atoms with E-state index in [0.29, 0.717) is 17.4 Å². The fourth-order valence-corrected chi connectivity index (χ4v) is 5.05. The number of fused-ring (bicyclic) bond motifs is 1. The number of hydrogen-bond donors (Lipinski definition) is 3. The lowest BCUT2D eigenvalue weighted by molar-refractivity contribution is 0.313. The van der Waals surface area contributed by atoms with Gasteiger partial charge in [0, 0.05) is 49.8 Å². The SMILES string of the molecule is CN1CCN(c2ccc(Nc3ncc4nc(Nc5ccc(F)cc5)n([C@H]5CCCNC5)c4n3)cc2)CC1. The van der Waals surface area contributed by atoms with Crippen molar-refractivity contribution in [3.63, 3.8) is 0 Å². The van der Waals surface area contributed by atoms with E-state index in [0.717, 1.165) is 69.1 Å². The molecule has 37 heavy (non-hydrogen) atoms. The number of piperazine rings is 1. The first kappa shape index (κ1) is 23.6. The van der Waals surface area contributed by atoms with Gasteiger partial charge in [0.2, 0.25) is 11.9 Å². The summed E-state index contributed by atoms with van der Waals surface area (Å²) in [6.45, 7) is 6.08. The van der Waals surface area contributed by atoms with Crippen molar-refractivity contribution in [1.82, 2.24) is 29.7 Å². The fourth-order valence-electron chi connectivity index (χ4n) is 5.05. The second kappa shape index (κ2) is 10.3. The van der Waals surface area contributed by atoms with Crippen LogP contribution in [0.25, 0.3) is 11.2 Å². The minimum atomic E-state index is -0.270. The Balaban J connectivity index is 1.27. The zero-order valence-electron chi connectivity index (χ0n) is 21.0. The number of piperidine rings is 1. The Morgan fingerprint density at radius 3 is 2.38 bits per heavy atom. The number of hydrogen-bond acceptors (Lipinski definition) is 8. The third-order valence-corrected chi connectivity index (χ3v) is 7.16. The molecule has 2 aliphatic heterocycles. The van der Waals surface area contributed by atoms with Crippen LogP contribution in [0.3, 0.4) is 0 Å². The second-order valence-corrected chi connectivity index (χ2v) is 9.80. The van der Waals surface area contributed by atoms with E-state index in [9.17, 15) is 4.39 Å². The molecule has 192 valence electrons. The number of aromatic nitrogens is 4. The smallest absolute Gasteiger partial charge is 0.229 e. The number of likely N-dealkylation sites (N-methyl/N-ethyl adjacent to an activating group) is 1. The lowest BCUT2D eigenvalue weighted by Gasteiger charge is -2.34. The molecule has 0 amide bonds. The second-order valence-electron chi connectivity index (χ2n) is 9.80. The summed E-state index contributed by atoms with van der Waals surface area (Å²) >= 11 is 0. The Morgan fingerprint density at radius 2 is 1.65 bits per heavy atom. The molecule has 2 saturated heterocycles. The Hall–Kier alpha value is -3.76. The van der Waals surface area contributed by atoms with Crippen LogP contribution in [0.2, 0.25) is 0 Å². The van der Waals surface area contributed by atoms with E-state index in [-0.39, 0.29) is 11.9 Å². The van der Waals surface area contributed by atoms with Gasteiger partial charge in [-0.3, -0.25) is 4.57 Å². The molecule has 2 fully saturated rings. The maximum Gasteiger partial charge on any atom is 0.229 e. The van der Waals surface area contributed by atoms with Crippen molar-refractivity contribution in [2.45, 2.75) is 18.9 Å². The average molecular weight is 502 g/mol. The number of halogens is 1. The lowest BCUT2D eigenvalue weighted by Crippen LogP contribution is -2.44. The summed E-state index contributed by atoms with van der Waals surface area (Å²) in [4.78, 5) is 19.0. The van der Waals surface area contributed by atoms with Gasteiger partial charge in [-0.1, -0.05) is 0 Å². The monoisotopic (exact) mass is 501 g/mol. The standard InChI is InChI=1S/C27H32FN9/c1-35-13-15-36(16-14-35)22-10-8-20(9-11-22)31-26-30-18-24-25(34-26)37(23-3-2-12-29-17-23)27(33-24)32-21-6-4-19(28)5-7-21/h4-11,18,23,29H,2-3,12-17H2,1H3,(H,32,33)(H,30,31,34)/t23-/m0/s1. The minimum absolute atomic E-state index is 0.201. The predicted octanol–water partition coefficient (Wildman–Crippen LogP) is 4.13. The summed E-state index contributed by atoms with van der Waals surface area (Å²) in [5.74, 6) is 0.935. The van der Waals surface area contributed by atoms with E-state index in [1.165, 1.54) is 17.8 Å². The van der Waals surface area contributed by atoms with Gasteiger partial charge in [0.1, 0.15) is 11.3 Å². The number of benzene rings is 2. The van der Waals surface area contributed by atoms with E-state index in [1.54, 1.807) is 18.3 Å². The summed E-state index contributed by atoms with van der Waals surface area (Å²) in [6.07, 6.45) is 3.86. The molecule has 3 N–H and O–H groups in total. The van der Waals surface area contributed by atoms with Crippen LogP contribution in [0.15, 0.2) is 54.7 Å². The van der Waals surface area contributed by atoms with E-state index < -0.39 is 0 Å². The summed E-state index contributed by atoms with van der Waals surface area (Å²) in [6, 6.07) is 14.9. The first-order valence-electron chi connectivity index (χ1n) is 12.9. The van der Waals surface area contributed by atoms with Gasteiger partial charge in [-0.2, -0.15) is 4.98 Å². The first-order chi connectivity index (χ1) is 18.1. The van der Waals surface area contributed by atoms with Gasteiger partial charge in [0.25, 0.3) is 0 Å². The molecule has 6 rings (SSSR count). The van der Waals surface area contributed by atoms with Crippen LogP contribution in [-0.4, -0.2) is 70.7 Å². The molecule has 2 aromatic carbocycles. The van der Waals surface area contributed by atoms with Crippen LogP contribution in [0.5, 0.6) is 0 Å². The number of nitrogens with one attached hydrogen (secondary N) is 3. The van der Waals surface area contributed by atoms with Crippen LogP contribution in [-0.2, 0) is 0 Å². The molecule has 0 aliphatic carbocycles. The Bertz CT molecular complexity index is 1340. The summed E-state index contributed by atoms with van der Waals surface area (Å²) in [7, 11) is 2.17. The maximum absolute atomic E-state index is 13.4. The Labute approximate surface area is 215 Å². The van der Waals surface area contributed by atoms with Crippen LogP contribution >= 0.6 is 0 Å². The molecule has 9 nitrogen and oxygen atoms in total. The molecule has 0 bridgehead atoms. The maximum atomic E-state index is 13.4. The van der Waals surface area contributed by atoms with Gasteiger partial charge in [-0.15, -0.1) is 0 Å². The number of anilines is 5. The van der Waals surface area contributed by atoms with Crippen molar-refractivity contribution < 1.29 is 4.39 Å². The Kier molecular flexibility index (Phi) is 6.58. The van der Waals surface area contributed by atoms with Crippen molar-refractivity contribution in [2.75, 3.05) is 61.8 Å². The summed E-state index contributed by atoms with van der Waals surface area (Å²) in [5, 5.41) is 10.2. The molecule has 2 aliphatic rings.